The monoisotopic (exact) mass is 154 g/mol. The van der Waals surface area contributed by atoms with Gasteiger partial charge < -0.3 is 5.11 Å². The zero-order valence-electron chi connectivity index (χ0n) is 8.15. The molecule has 0 saturated heterocycles. The number of aliphatic hydroxyl groups excluding tert-OH is 1. The van der Waals surface area contributed by atoms with E-state index < -0.39 is 0 Å². The Bertz CT molecular complexity index is 105. The molecule has 0 aliphatic rings. The van der Waals surface area contributed by atoms with Crippen LogP contribution in [0.5, 0.6) is 0 Å². The van der Waals surface area contributed by atoms with E-state index in [9.17, 15) is 0 Å². The fourth-order valence-electron chi connectivity index (χ4n) is 1.42. The maximum Gasteiger partial charge on any atom is 0.0660 e. The van der Waals surface area contributed by atoms with Gasteiger partial charge in [-0.3, -0.25) is 0 Å². The van der Waals surface area contributed by atoms with Crippen LogP contribution in [0.4, 0.5) is 0 Å². The summed E-state index contributed by atoms with van der Waals surface area (Å²) in [5.74, 6) is 0. The summed E-state index contributed by atoms with van der Waals surface area (Å²) in [5.41, 5.74) is 0.148. The molecule has 2 heteroatoms. The van der Waals surface area contributed by atoms with E-state index in [2.05, 4.69) is 27.7 Å². The van der Waals surface area contributed by atoms with Crippen LogP contribution in [0.25, 0.3) is 0 Å². The summed E-state index contributed by atoms with van der Waals surface area (Å²) >= 11 is 0. The fraction of sp³-hybridized carbons (Fsp3) is 1.00. The van der Waals surface area contributed by atoms with Crippen molar-refractivity contribution in [2.24, 2.45) is 10.8 Å². The van der Waals surface area contributed by atoms with Crippen molar-refractivity contribution >= 4 is 7.85 Å². The molecule has 0 spiro atoms. The Morgan fingerprint density at radius 1 is 1.09 bits per heavy atom. The second-order valence-corrected chi connectivity index (χ2v) is 4.87. The van der Waals surface area contributed by atoms with E-state index in [0.29, 0.717) is 6.32 Å². The zero-order valence-corrected chi connectivity index (χ0v) is 8.15. The molecule has 0 heterocycles. The highest BCUT2D eigenvalue weighted by atomic mass is 16.3. The summed E-state index contributed by atoms with van der Waals surface area (Å²) < 4.78 is 0. The normalized spacial score (nSPS) is 13.5. The molecule has 0 aliphatic heterocycles. The summed E-state index contributed by atoms with van der Waals surface area (Å²) in [6.07, 6.45) is 1.64. The SMILES string of the molecule is [B]CC(C)(C)CC(C)(C)CO. The van der Waals surface area contributed by atoms with Crippen molar-refractivity contribution in [2.75, 3.05) is 6.61 Å². The lowest BCUT2D eigenvalue weighted by molar-refractivity contribution is 0.110. The Morgan fingerprint density at radius 2 is 1.55 bits per heavy atom. The number of rotatable bonds is 4. The van der Waals surface area contributed by atoms with Crippen LogP contribution >= 0.6 is 0 Å². The van der Waals surface area contributed by atoms with Crippen molar-refractivity contribution in [1.82, 2.24) is 0 Å². The molecular weight excluding hydrogens is 135 g/mol. The van der Waals surface area contributed by atoms with Gasteiger partial charge in [0.2, 0.25) is 0 Å². The fourth-order valence-corrected chi connectivity index (χ4v) is 1.42. The Morgan fingerprint density at radius 3 is 1.82 bits per heavy atom. The number of aliphatic hydroxyl groups is 1. The topological polar surface area (TPSA) is 20.2 Å². The smallest absolute Gasteiger partial charge is 0.0660 e. The van der Waals surface area contributed by atoms with Gasteiger partial charge in [0.15, 0.2) is 0 Å². The van der Waals surface area contributed by atoms with Gasteiger partial charge in [0.25, 0.3) is 0 Å². The highest BCUT2D eigenvalue weighted by Gasteiger charge is 2.26. The minimum Gasteiger partial charge on any atom is -0.396 e. The van der Waals surface area contributed by atoms with Crippen LogP contribution in [-0.2, 0) is 0 Å². The average Bonchev–Trinajstić information content (AvgIpc) is 1.86. The van der Waals surface area contributed by atoms with Gasteiger partial charge in [0, 0.05) is 6.61 Å². The molecule has 64 valence electrons. The van der Waals surface area contributed by atoms with E-state index in [0.717, 1.165) is 6.42 Å². The summed E-state index contributed by atoms with van der Waals surface area (Å²) in [7, 11) is 5.59. The molecule has 1 N–H and O–H groups in total. The minimum absolute atomic E-state index is 0.00285. The Labute approximate surface area is 71.6 Å². The Kier molecular flexibility index (Phi) is 3.63. The molecule has 0 atom stereocenters. The molecular formula is C9H19BO. The second-order valence-electron chi connectivity index (χ2n) is 4.87. The lowest BCUT2D eigenvalue weighted by Gasteiger charge is -2.33. The third kappa shape index (κ3) is 4.46. The minimum atomic E-state index is 0.00285. The van der Waals surface area contributed by atoms with Gasteiger partial charge in [-0.05, 0) is 17.3 Å². The number of hydrogen-bond acceptors (Lipinski definition) is 1. The molecule has 1 nitrogen and oxygen atoms in total. The third-order valence-corrected chi connectivity index (χ3v) is 1.94. The van der Waals surface area contributed by atoms with E-state index in [1.807, 2.05) is 0 Å². The van der Waals surface area contributed by atoms with Crippen molar-refractivity contribution in [1.29, 1.82) is 0 Å². The van der Waals surface area contributed by atoms with Gasteiger partial charge in [-0.25, -0.2) is 0 Å². The number of hydrogen-bond donors (Lipinski definition) is 1. The molecule has 11 heavy (non-hydrogen) atoms. The maximum absolute atomic E-state index is 9.01. The highest BCUT2D eigenvalue weighted by molar-refractivity contribution is 6.08. The summed E-state index contributed by atoms with van der Waals surface area (Å²) in [5, 5.41) is 9.01. The van der Waals surface area contributed by atoms with E-state index in [1.54, 1.807) is 0 Å². The van der Waals surface area contributed by atoms with Crippen molar-refractivity contribution in [3.63, 3.8) is 0 Å². The van der Waals surface area contributed by atoms with Gasteiger partial charge in [-0.2, -0.15) is 0 Å². The van der Waals surface area contributed by atoms with Crippen LogP contribution in [-0.4, -0.2) is 19.6 Å². The van der Waals surface area contributed by atoms with Crippen molar-refractivity contribution in [3.8, 4) is 0 Å². The highest BCUT2D eigenvalue weighted by Crippen LogP contribution is 2.35. The molecule has 0 aliphatic carbocycles. The van der Waals surface area contributed by atoms with Gasteiger partial charge in [0.1, 0.15) is 0 Å². The predicted octanol–water partition coefficient (Wildman–Crippen LogP) is 2.01. The molecule has 0 aromatic rings. The molecule has 2 radical (unpaired) electrons. The lowest BCUT2D eigenvalue weighted by atomic mass is 9.69. The molecule has 0 aromatic carbocycles. The first kappa shape index (κ1) is 11.0. The Balaban J connectivity index is 4.02. The molecule has 0 amide bonds. The quantitative estimate of drug-likeness (QED) is 0.614. The molecule has 0 bridgehead atoms. The third-order valence-electron chi connectivity index (χ3n) is 1.94. The van der Waals surface area contributed by atoms with E-state index >= 15 is 0 Å². The molecule has 0 aromatic heterocycles. The lowest BCUT2D eigenvalue weighted by Crippen LogP contribution is -2.25. The summed E-state index contributed by atoms with van der Waals surface area (Å²) in [4.78, 5) is 0. The largest absolute Gasteiger partial charge is 0.396 e. The zero-order chi connectivity index (χ0) is 9.12. The molecule has 0 unspecified atom stereocenters. The first-order chi connectivity index (χ1) is 4.83. The van der Waals surface area contributed by atoms with Gasteiger partial charge in [-0.15, -0.1) is 0 Å². The van der Waals surface area contributed by atoms with E-state index in [1.165, 1.54) is 0 Å². The Hall–Kier alpha value is 0.0249. The predicted molar refractivity (Wildman–Crippen MR) is 49.8 cm³/mol. The average molecular weight is 154 g/mol. The van der Waals surface area contributed by atoms with Crippen LogP contribution in [0, 0.1) is 10.8 Å². The van der Waals surface area contributed by atoms with Crippen molar-refractivity contribution < 1.29 is 5.11 Å². The standard InChI is InChI=1S/C9H19BO/c1-8(2,6-10)5-9(3,4)7-11/h11H,5-7H2,1-4H3. The first-order valence-corrected chi connectivity index (χ1v) is 4.14. The van der Waals surface area contributed by atoms with Crippen molar-refractivity contribution in [3.05, 3.63) is 0 Å². The van der Waals surface area contributed by atoms with Crippen LogP contribution in [0.15, 0.2) is 0 Å². The van der Waals surface area contributed by atoms with Gasteiger partial charge in [-0.1, -0.05) is 34.0 Å². The summed E-state index contributed by atoms with van der Waals surface area (Å²) in [6, 6.07) is 0. The van der Waals surface area contributed by atoms with E-state index in [-0.39, 0.29) is 17.4 Å². The van der Waals surface area contributed by atoms with Gasteiger partial charge >= 0.3 is 0 Å². The first-order valence-electron chi connectivity index (χ1n) is 4.14. The van der Waals surface area contributed by atoms with Crippen LogP contribution in [0.1, 0.15) is 34.1 Å². The summed E-state index contributed by atoms with van der Waals surface area (Å²) in [6.45, 7) is 8.61. The molecule has 0 fully saturated rings. The maximum atomic E-state index is 9.01. The van der Waals surface area contributed by atoms with Gasteiger partial charge in [0.05, 0.1) is 7.85 Å². The van der Waals surface area contributed by atoms with Crippen LogP contribution in [0.2, 0.25) is 6.32 Å². The van der Waals surface area contributed by atoms with Crippen LogP contribution in [0.3, 0.4) is 0 Å². The molecule has 0 rings (SSSR count). The van der Waals surface area contributed by atoms with Crippen molar-refractivity contribution in [2.45, 2.75) is 40.4 Å². The van der Waals surface area contributed by atoms with E-state index in [4.69, 9.17) is 13.0 Å². The van der Waals surface area contributed by atoms with Crippen LogP contribution < -0.4 is 0 Å². The molecule has 0 saturated carbocycles. The second kappa shape index (κ2) is 3.62.